The minimum atomic E-state index is -0.443. The SMILES string of the molecule is O=[N+]([O-])CCOBr. The van der Waals surface area contributed by atoms with Gasteiger partial charge in [0.25, 0.3) is 0 Å². The van der Waals surface area contributed by atoms with Crippen LogP contribution in [0.1, 0.15) is 0 Å². The maximum Gasteiger partial charge on any atom is 0.228 e. The highest BCUT2D eigenvalue weighted by molar-refractivity contribution is 9.06. The van der Waals surface area contributed by atoms with Gasteiger partial charge in [0.15, 0.2) is 0 Å². The van der Waals surface area contributed by atoms with Crippen LogP contribution in [0.4, 0.5) is 0 Å². The lowest BCUT2D eigenvalue weighted by atomic mass is 10.7. The molecule has 0 aromatic carbocycles. The van der Waals surface area contributed by atoms with Crippen molar-refractivity contribution in [2.24, 2.45) is 0 Å². The third kappa shape index (κ3) is 5.84. The zero-order valence-corrected chi connectivity index (χ0v) is 5.05. The maximum atomic E-state index is 9.46. The molecule has 0 rings (SSSR count). The summed E-state index contributed by atoms with van der Waals surface area (Å²) in [6.45, 7) is -0.0295. The van der Waals surface area contributed by atoms with E-state index in [4.69, 9.17) is 0 Å². The molecule has 0 radical (unpaired) electrons. The predicted octanol–water partition coefficient (Wildman–Crippen LogP) is 0.590. The number of halogens is 1. The molecule has 0 aliphatic carbocycles. The molecule has 0 atom stereocenters. The van der Waals surface area contributed by atoms with Crippen molar-refractivity contribution < 1.29 is 8.75 Å². The molecule has 0 spiro atoms. The minimum Gasteiger partial charge on any atom is -0.301 e. The lowest BCUT2D eigenvalue weighted by molar-refractivity contribution is -0.481. The second-order valence-corrected chi connectivity index (χ2v) is 1.33. The van der Waals surface area contributed by atoms with Crippen molar-refractivity contribution in [3.8, 4) is 0 Å². The summed E-state index contributed by atoms with van der Waals surface area (Å²) in [4.78, 5) is 9.02. The minimum absolute atomic E-state index is 0.118. The highest BCUT2D eigenvalue weighted by Crippen LogP contribution is 1.81. The summed E-state index contributed by atoms with van der Waals surface area (Å²) in [5.41, 5.74) is 0. The van der Waals surface area contributed by atoms with Gasteiger partial charge in [-0.2, -0.15) is 0 Å². The van der Waals surface area contributed by atoms with Crippen molar-refractivity contribution in [1.29, 1.82) is 0 Å². The van der Waals surface area contributed by atoms with Crippen molar-refractivity contribution >= 4 is 16.3 Å². The fraction of sp³-hybridized carbons (Fsp3) is 1.00. The maximum absolute atomic E-state index is 9.46. The Hall–Kier alpha value is -0.160. The van der Waals surface area contributed by atoms with E-state index in [2.05, 4.69) is 20.1 Å². The molecule has 5 heteroatoms. The van der Waals surface area contributed by atoms with E-state index in [1.165, 1.54) is 0 Å². The van der Waals surface area contributed by atoms with Crippen LogP contribution in [0, 0.1) is 10.1 Å². The fourth-order valence-electron chi connectivity index (χ4n) is 0.109. The molecule has 0 aromatic rings. The second kappa shape index (κ2) is 4.01. The average Bonchev–Trinajstić information content (AvgIpc) is 1.61. The fourth-order valence-corrected chi connectivity index (χ4v) is 0.254. The Labute approximate surface area is 49.1 Å². The van der Waals surface area contributed by atoms with Gasteiger partial charge in [-0.1, -0.05) is 0 Å². The summed E-state index contributed by atoms with van der Waals surface area (Å²) >= 11 is 2.57. The van der Waals surface area contributed by atoms with Crippen LogP contribution in [0.25, 0.3) is 0 Å². The second-order valence-electron chi connectivity index (χ2n) is 0.870. The summed E-state index contributed by atoms with van der Waals surface area (Å²) in [5.74, 6) is 0. The number of nitro groups is 1. The zero-order valence-electron chi connectivity index (χ0n) is 3.46. The first-order chi connectivity index (χ1) is 3.27. The normalized spacial score (nSPS) is 8.71. The molecule has 7 heavy (non-hydrogen) atoms. The molecule has 0 bridgehead atoms. The third-order valence-corrected chi connectivity index (χ3v) is 0.675. The Morgan fingerprint density at radius 3 is 2.57 bits per heavy atom. The number of hydrogen-bond acceptors (Lipinski definition) is 3. The molecule has 0 heterocycles. The van der Waals surface area contributed by atoms with Crippen molar-refractivity contribution in [3.05, 3.63) is 10.1 Å². The average molecular weight is 170 g/mol. The standard InChI is InChI=1S/C2H4BrNO3/c3-7-2-1-4(5)6/h1-2H2. The molecule has 0 fully saturated rings. The van der Waals surface area contributed by atoms with Gasteiger partial charge < -0.3 is 3.83 Å². The molecule has 42 valence electrons. The van der Waals surface area contributed by atoms with Crippen LogP contribution in [-0.2, 0) is 3.83 Å². The van der Waals surface area contributed by atoms with E-state index in [-0.39, 0.29) is 13.2 Å². The molecular weight excluding hydrogens is 166 g/mol. The van der Waals surface area contributed by atoms with Gasteiger partial charge in [-0.05, 0) is 0 Å². The molecule has 0 aliphatic rings. The van der Waals surface area contributed by atoms with Crippen molar-refractivity contribution in [3.63, 3.8) is 0 Å². The van der Waals surface area contributed by atoms with Gasteiger partial charge in [0.1, 0.15) is 6.61 Å². The van der Waals surface area contributed by atoms with Crippen LogP contribution in [0.3, 0.4) is 0 Å². The molecule has 0 amide bonds. The van der Waals surface area contributed by atoms with Gasteiger partial charge in [0, 0.05) is 4.92 Å². The molecule has 4 nitrogen and oxygen atoms in total. The molecule has 0 N–H and O–H groups in total. The third-order valence-electron chi connectivity index (χ3n) is 0.351. The Bertz CT molecular complexity index is 66.0. The summed E-state index contributed by atoms with van der Waals surface area (Å²) in [6, 6.07) is 0. The molecule has 0 saturated carbocycles. The van der Waals surface area contributed by atoms with E-state index in [1.54, 1.807) is 0 Å². The van der Waals surface area contributed by atoms with Crippen molar-refractivity contribution in [2.75, 3.05) is 13.2 Å². The van der Waals surface area contributed by atoms with Crippen molar-refractivity contribution in [2.45, 2.75) is 0 Å². The van der Waals surface area contributed by atoms with Gasteiger partial charge in [-0.3, -0.25) is 10.1 Å². The Balaban J connectivity index is 2.82. The smallest absolute Gasteiger partial charge is 0.228 e. The Kier molecular flexibility index (Phi) is 3.92. The van der Waals surface area contributed by atoms with Gasteiger partial charge >= 0.3 is 0 Å². The van der Waals surface area contributed by atoms with Gasteiger partial charge in [0.2, 0.25) is 6.54 Å². The van der Waals surface area contributed by atoms with Gasteiger partial charge in [-0.25, -0.2) is 0 Å². The van der Waals surface area contributed by atoms with Gasteiger partial charge in [-0.15, -0.1) is 0 Å². The highest BCUT2D eigenvalue weighted by Gasteiger charge is 1.91. The first kappa shape index (κ1) is 6.84. The number of rotatable bonds is 3. The molecule has 0 aromatic heterocycles. The van der Waals surface area contributed by atoms with Crippen LogP contribution >= 0.6 is 16.3 Å². The number of nitrogens with zero attached hydrogens (tertiary/aromatic N) is 1. The lowest BCUT2D eigenvalue weighted by Crippen LogP contribution is -2.04. The van der Waals surface area contributed by atoms with Crippen LogP contribution in [0.2, 0.25) is 0 Å². The van der Waals surface area contributed by atoms with Crippen LogP contribution in [0.15, 0.2) is 0 Å². The quantitative estimate of drug-likeness (QED) is 0.460. The zero-order chi connectivity index (χ0) is 5.70. The monoisotopic (exact) mass is 169 g/mol. The Morgan fingerprint density at radius 1 is 1.86 bits per heavy atom. The van der Waals surface area contributed by atoms with Crippen molar-refractivity contribution in [1.82, 2.24) is 0 Å². The first-order valence-electron chi connectivity index (χ1n) is 1.62. The Morgan fingerprint density at radius 2 is 2.43 bits per heavy atom. The topological polar surface area (TPSA) is 52.4 Å². The predicted molar refractivity (Wildman–Crippen MR) is 26.7 cm³/mol. The molecular formula is C2H4BrNO3. The summed E-state index contributed by atoms with van der Waals surface area (Å²) in [7, 11) is 0. The lowest BCUT2D eigenvalue weighted by Gasteiger charge is -1.85. The summed E-state index contributed by atoms with van der Waals surface area (Å²) in [6.07, 6.45) is 0. The largest absolute Gasteiger partial charge is 0.301 e. The van der Waals surface area contributed by atoms with E-state index >= 15 is 0 Å². The summed E-state index contributed by atoms with van der Waals surface area (Å²) < 4.78 is 4.22. The van der Waals surface area contributed by atoms with E-state index < -0.39 is 4.92 Å². The van der Waals surface area contributed by atoms with E-state index in [9.17, 15) is 10.1 Å². The number of hydrogen-bond donors (Lipinski definition) is 0. The van der Waals surface area contributed by atoms with Crippen LogP contribution < -0.4 is 0 Å². The summed E-state index contributed by atoms with van der Waals surface area (Å²) in [5, 5.41) is 9.46. The molecule has 0 saturated heterocycles. The molecule has 0 unspecified atom stereocenters. The van der Waals surface area contributed by atoms with E-state index in [1.807, 2.05) is 0 Å². The van der Waals surface area contributed by atoms with Gasteiger partial charge in [0.05, 0.1) is 16.3 Å². The first-order valence-corrected chi connectivity index (χ1v) is 2.27. The molecule has 0 aliphatic heterocycles. The van der Waals surface area contributed by atoms with E-state index in [0.29, 0.717) is 0 Å². The van der Waals surface area contributed by atoms with E-state index in [0.717, 1.165) is 0 Å². The van der Waals surface area contributed by atoms with Crippen LogP contribution in [0.5, 0.6) is 0 Å². The highest BCUT2D eigenvalue weighted by atomic mass is 79.9. The van der Waals surface area contributed by atoms with Crippen LogP contribution in [-0.4, -0.2) is 18.1 Å².